The molecular formula is C21H18N2O. The lowest BCUT2D eigenvalue weighted by atomic mass is 10.0. The van der Waals surface area contributed by atoms with Crippen LogP contribution in [-0.2, 0) is 19.9 Å². The average Bonchev–Trinajstić information content (AvgIpc) is 3.21. The van der Waals surface area contributed by atoms with Crippen LogP contribution in [0.1, 0.15) is 32.6 Å². The minimum Gasteiger partial charge on any atom is -0.294 e. The summed E-state index contributed by atoms with van der Waals surface area (Å²) < 4.78 is 1.66. The number of fused-ring (bicyclic) bond motifs is 1. The quantitative estimate of drug-likeness (QED) is 0.684. The van der Waals surface area contributed by atoms with E-state index in [1.54, 1.807) is 17.1 Å². The first-order valence-electron chi connectivity index (χ1n) is 8.09. The van der Waals surface area contributed by atoms with E-state index >= 15 is 0 Å². The SMILES string of the molecule is Cn1cc(C(=O)Cc2ccc3c(c2)C=C(c2ccccc2)C3)cn1. The van der Waals surface area contributed by atoms with E-state index in [1.165, 1.54) is 22.3 Å². The Labute approximate surface area is 141 Å². The minimum absolute atomic E-state index is 0.105. The Morgan fingerprint density at radius 3 is 2.75 bits per heavy atom. The van der Waals surface area contributed by atoms with Crippen LogP contribution in [0.3, 0.4) is 0 Å². The second-order valence-electron chi connectivity index (χ2n) is 6.25. The second-order valence-corrected chi connectivity index (χ2v) is 6.25. The van der Waals surface area contributed by atoms with E-state index in [2.05, 4.69) is 53.6 Å². The van der Waals surface area contributed by atoms with Crippen LogP contribution in [0, 0.1) is 0 Å². The molecule has 118 valence electrons. The molecular weight excluding hydrogens is 296 g/mol. The van der Waals surface area contributed by atoms with Crippen LogP contribution in [0.15, 0.2) is 60.9 Å². The van der Waals surface area contributed by atoms with E-state index in [-0.39, 0.29) is 5.78 Å². The minimum atomic E-state index is 0.105. The molecule has 0 bridgehead atoms. The molecule has 0 radical (unpaired) electrons. The van der Waals surface area contributed by atoms with Gasteiger partial charge in [-0.25, -0.2) is 0 Å². The van der Waals surface area contributed by atoms with Gasteiger partial charge in [0.15, 0.2) is 5.78 Å². The molecule has 0 fully saturated rings. The number of carbonyl (C=O) groups is 1. The second kappa shape index (κ2) is 5.93. The molecule has 4 rings (SSSR count). The molecule has 3 aromatic rings. The third-order valence-corrected chi connectivity index (χ3v) is 4.46. The molecule has 0 aliphatic heterocycles. The van der Waals surface area contributed by atoms with Gasteiger partial charge in [0, 0.05) is 19.7 Å². The summed E-state index contributed by atoms with van der Waals surface area (Å²) in [6, 6.07) is 16.8. The van der Waals surface area contributed by atoms with Crippen LogP contribution in [0.25, 0.3) is 11.6 Å². The molecule has 0 saturated carbocycles. The third kappa shape index (κ3) is 2.81. The van der Waals surface area contributed by atoms with Gasteiger partial charge < -0.3 is 0 Å². The van der Waals surface area contributed by atoms with Gasteiger partial charge >= 0.3 is 0 Å². The summed E-state index contributed by atoms with van der Waals surface area (Å²) in [5.74, 6) is 0.105. The largest absolute Gasteiger partial charge is 0.294 e. The van der Waals surface area contributed by atoms with Crippen molar-refractivity contribution in [1.29, 1.82) is 0 Å². The summed E-state index contributed by atoms with van der Waals surface area (Å²) in [7, 11) is 1.82. The van der Waals surface area contributed by atoms with Crippen molar-refractivity contribution < 1.29 is 4.79 Å². The molecule has 1 aliphatic rings. The zero-order valence-corrected chi connectivity index (χ0v) is 13.6. The number of allylic oxidation sites excluding steroid dienone is 1. The normalized spacial score (nSPS) is 12.8. The molecule has 24 heavy (non-hydrogen) atoms. The van der Waals surface area contributed by atoms with Crippen LogP contribution in [0.2, 0.25) is 0 Å². The average molecular weight is 314 g/mol. The fourth-order valence-electron chi connectivity index (χ4n) is 3.18. The van der Waals surface area contributed by atoms with Gasteiger partial charge in [-0.15, -0.1) is 0 Å². The monoisotopic (exact) mass is 314 g/mol. The van der Waals surface area contributed by atoms with Crippen molar-refractivity contribution in [3.63, 3.8) is 0 Å². The van der Waals surface area contributed by atoms with Crippen molar-refractivity contribution in [2.24, 2.45) is 7.05 Å². The highest BCUT2D eigenvalue weighted by Gasteiger charge is 2.16. The molecule has 1 aliphatic carbocycles. The standard InChI is InChI=1S/C21H18N2O/c1-23-14-20(13-22-23)21(24)10-15-7-8-17-11-19(12-18(17)9-15)16-5-3-2-4-6-16/h2-9,12-14H,10-11H2,1H3. The van der Waals surface area contributed by atoms with E-state index < -0.39 is 0 Å². The molecule has 0 amide bonds. The molecule has 1 heterocycles. The number of benzene rings is 2. The van der Waals surface area contributed by atoms with Crippen LogP contribution < -0.4 is 0 Å². The summed E-state index contributed by atoms with van der Waals surface area (Å²) in [6.07, 6.45) is 7.00. The van der Waals surface area contributed by atoms with E-state index in [0.717, 1.165) is 12.0 Å². The molecule has 0 atom stereocenters. The lowest BCUT2D eigenvalue weighted by Gasteiger charge is -2.04. The Hall–Kier alpha value is -2.94. The van der Waals surface area contributed by atoms with Crippen molar-refractivity contribution in [2.75, 3.05) is 0 Å². The number of carbonyl (C=O) groups excluding carboxylic acids is 1. The van der Waals surface area contributed by atoms with Crippen molar-refractivity contribution in [1.82, 2.24) is 9.78 Å². The van der Waals surface area contributed by atoms with Crippen molar-refractivity contribution in [2.45, 2.75) is 12.8 Å². The molecule has 0 unspecified atom stereocenters. The summed E-state index contributed by atoms with van der Waals surface area (Å²) in [5, 5.41) is 4.07. The predicted molar refractivity (Wildman–Crippen MR) is 95.7 cm³/mol. The van der Waals surface area contributed by atoms with Crippen molar-refractivity contribution in [3.8, 4) is 0 Å². The molecule has 1 aromatic heterocycles. The van der Waals surface area contributed by atoms with E-state index in [4.69, 9.17) is 0 Å². The van der Waals surface area contributed by atoms with E-state index in [1.807, 2.05) is 13.1 Å². The molecule has 0 spiro atoms. The summed E-state index contributed by atoms with van der Waals surface area (Å²) in [4.78, 5) is 12.3. The number of aromatic nitrogens is 2. The highest BCUT2D eigenvalue weighted by atomic mass is 16.1. The lowest BCUT2D eigenvalue weighted by molar-refractivity contribution is 0.0993. The molecule has 2 aromatic carbocycles. The maximum absolute atomic E-state index is 12.3. The summed E-state index contributed by atoms with van der Waals surface area (Å²) in [6.45, 7) is 0. The summed E-state index contributed by atoms with van der Waals surface area (Å²) in [5.41, 5.74) is 6.87. The number of aryl methyl sites for hydroxylation is 1. The molecule has 0 N–H and O–H groups in total. The fraction of sp³-hybridized carbons (Fsp3) is 0.143. The van der Waals surface area contributed by atoms with Crippen molar-refractivity contribution >= 4 is 17.4 Å². The zero-order chi connectivity index (χ0) is 16.5. The van der Waals surface area contributed by atoms with Gasteiger partial charge in [0.2, 0.25) is 0 Å². The number of rotatable bonds is 4. The first kappa shape index (κ1) is 14.6. The van der Waals surface area contributed by atoms with Gasteiger partial charge in [-0.3, -0.25) is 9.48 Å². The third-order valence-electron chi connectivity index (χ3n) is 4.46. The number of hydrogen-bond acceptors (Lipinski definition) is 2. The van der Waals surface area contributed by atoms with Gasteiger partial charge in [-0.1, -0.05) is 54.6 Å². The smallest absolute Gasteiger partial charge is 0.170 e. The first-order chi connectivity index (χ1) is 11.7. The number of hydrogen-bond donors (Lipinski definition) is 0. The topological polar surface area (TPSA) is 34.9 Å². The fourth-order valence-corrected chi connectivity index (χ4v) is 3.18. The number of Topliss-reactive ketones (excluding diaryl/α,β-unsaturated/α-hetero) is 1. The number of nitrogens with zero attached hydrogens (tertiary/aromatic N) is 2. The summed E-state index contributed by atoms with van der Waals surface area (Å²) >= 11 is 0. The predicted octanol–water partition coefficient (Wildman–Crippen LogP) is 3.94. The van der Waals surface area contributed by atoms with Gasteiger partial charge in [0.1, 0.15) is 0 Å². The van der Waals surface area contributed by atoms with Gasteiger partial charge in [-0.2, -0.15) is 5.10 Å². The van der Waals surface area contributed by atoms with Gasteiger partial charge in [0.25, 0.3) is 0 Å². The van der Waals surface area contributed by atoms with Gasteiger partial charge in [0.05, 0.1) is 11.8 Å². The lowest BCUT2D eigenvalue weighted by Crippen LogP contribution is -2.03. The maximum atomic E-state index is 12.3. The Bertz CT molecular complexity index is 935. The van der Waals surface area contributed by atoms with Crippen LogP contribution in [-0.4, -0.2) is 15.6 Å². The first-order valence-corrected chi connectivity index (χ1v) is 8.09. The molecule has 3 nitrogen and oxygen atoms in total. The Kier molecular flexibility index (Phi) is 3.62. The Morgan fingerprint density at radius 2 is 2.00 bits per heavy atom. The highest BCUT2D eigenvalue weighted by Crippen LogP contribution is 2.32. The van der Waals surface area contributed by atoms with Crippen molar-refractivity contribution in [3.05, 3.63) is 88.7 Å². The maximum Gasteiger partial charge on any atom is 0.170 e. The van der Waals surface area contributed by atoms with Crippen LogP contribution in [0.5, 0.6) is 0 Å². The van der Waals surface area contributed by atoms with E-state index in [9.17, 15) is 4.79 Å². The highest BCUT2D eigenvalue weighted by molar-refractivity contribution is 5.97. The molecule has 3 heteroatoms. The Balaban J connectivity index is 1.56. The van der Waals surface area contributed by atoms with E-state index in [0.29, 0.717) is 12.0 Å². The Morgan fingerprint density at radius 1 is 1.17 bits per heavy atom. The van der Waals surface area contributed by atoms with Crippen LogP contribution in [0.4, 0.5) is 0 Å². The van der Waals surface area contributed by atoms with Crippen LogP contribution >= 0.6 is 0 Å². The van der Waals surface area contributed by atoms with Gasteiger partial charge in [-0.05, 0) is 34.2 Å². The zero-order valence-electron chi connectivity index (χ0n) is 13.6. The number of ketones is 1. The molecule has 0 saturated heterocycles.